The van der Waals surface area contributed by atoms with Crippen molar-refractivity contribution in [2.75, 3.05) is 11.3 Å². The van der Waals surface area contributed by atoms with E-state index in [9.17, 15) is 13.2 Å². The molecule has 0 saturated heterocycles. The van der Waals surface area contributed by atoms with E-state index in [0.29, 0.717) is 24.2 Å². The highest BCUT2D eigenvalue weighted by atomic mass is 32.2. The van der Waals surface area contributed by atoms with E-state index < -0.39 is 10.0 Å². The first-order valence-electron chi connectivity index (χ1n) is 8.96. The molecule has 2 N–H and O–H groups in total. The van der Waals surface area contributed by atoms with E-state index in [1.54, 1.807) is 24.3 Å². The van der Waals surface area contributed by atoms with Crippen molar-refractivity contribution in [3.63, 3.8) is 0 Å². The average Bonchev–Trinajstić information content (AvgIpc) is 2.70. The molecule has 0 atom stereocenters. The number of nitrogens with one attached hydrogen (secondary N) is 2. The zero-order valence-corrected chi connectivity index (χ0v) is 16.4. The second-order valence-electron chi connectivity index (χ2n) is 6.44. The second kappa shape index (κ2) is 8.71. The van der Waals surface area contributed by atoms with Crippen molar-refractivity contribution >= 4 is 21.6 Å². The molecular weight excluding hydrogens is 372 g/mol. The van der Waals surface area contributed by atoms with Crippen LogP contribution in [-0.4, -0.2) is 20.9 Å². The van der Waals surface area contributed by atoms with Gasteiger partial charge in [-0.1, -0.05) is 54.6 Å². The van der Waals surface area contributed by atoms with Gasteiger partial charge >= 0.3 is 0 Å². The molecule has 5 nitrogen and oxygen atoms in total. The Kier molecular flexibility index (Phi) is 6.11. The first-order chi connectivity index (χ1) is 13.5. The first kappa shape index (κ1) is 19.6. The Morgan fingerprint density at radius 3 is 2.36 bits per heavy atom. The molecule has 0 aliphatic rings. The minimum Gasteiger partial charge on any atom is -0.352 e. The number of carbonyl (C=O) groups is 1. The number of hydrogen-bond donors (Lipinski definition) is 2. The fraction of sp³-hybridized carbons (Fsp3) is 0.136. The maximum atomic E-state index is 12.7. The van der Waals surface area contributed by atoms with Gasteiger partial charge in [-0.3, -0.25) is 9.52 Å². The number of para-hydroxylation sites is 1. The molecule has 0 saturated carbocycles. The van der Waals surface area contributed by atoms with Crippen molar-refractivity contribution in [2.24, 2.45) is 0 Å². The van der Waals surface area contributed by atoms with Crippen molar-refractivity contribution in [1.29, 1.82) is 0 Å². The Labute approximate surface area is 165 Å². The fourth-order valence-electron chi connectivity index (χ4n) is 2.76. The number of amides is 1. The summed E-state index contributed by atoms with van der Waals surface area (Å²) in [6.07, 6.45) is 0.708. The van der Waals surface area contributed by atoms with Gasteiger partial charge in [0.15, 0.2) is 0 Å². The molecule has 6 heteroatoms. The highest BCUT2D eigenvalue weighted by molar-refractivity contribution is 7.92. The second-order valence-corrected chi connectivity index (χ2v) is 8.12. The lowest BCUT2D eigenvalue weighted by Gasteiger charge is -2.11. The van der Waals surface area contributed by atoms with E-state index in [1.165, 1.54) is 12.1 Å². The summed E-state index contributed by atoms with van der Waals surface area (Å²) < 4.78 is 27.9. The molecule has 1 amide bonds. The van der Waals surface area contributed by atoms with Crippen LogP contribution in [0.2, 0.25) is 0 Å². The summed E-state index contributed by atoms with van der Waals surface area (Å²) in [5.74, 6) is -0.302. The third-order valence-corrected chi connectivity index (χ3v) is 5.70. The van der Waals surface area contributed by atoms with E-state index in [-0.39, 0.29) is 10.8 Å². The van der Waals surface area contributed by atoms with Crippen LogP contribution in [0.25, 0.3) is 0 Å². The Balaban J connectivity index is 1.69. The summed E-state index contributed by atoms with van der Waals surface area (Å²) in [6, 6.07) is 23.0. The quantitative estimate of drug-likeness (QED) is 0.641. The van der Waals surface area contributed by atoms with Crippen molar-refractivity contribution < 1.29 is 13.2 Å². The summed E-state index contributed by atoms with van der Waals surface area (Å²) in [7, 11) is -3.79. The summed E-state index contributed by atoms with van der Waals surface area (Å²) in [5, 5.41) is 2.83. The Hall–Kier alpha value is -3.12. The summed E-state index contributed by atoms with van der Waals surface area (Å²) in [4.78, 5) is 12.4. The largest absolute Gasteiger partial charge is 0.352 e. The smallest absolute Gasteiger partial charge is 0.261 e. The van der Waals surface area contributed by atoms with Gasteiger partial charge < -0.3 is 5.32 Å². The molecule has 0 aliphatic heterocycles. The van der Waals surface area contributed by atoms with Gasteiger partial charge in [-0.25, -0.2) is 8.42 Å². The zero-order chi connectivity index (χ0) is 20.0. The number of sulfonamides is 1. The van der Waals surface area contributed by atoms with Gasteiger partial charge in [-0.05, 0) is 48.7 Å². The first-order valence-corrected chi connectivity index (χ1v) is 10.4. The highest BCUT2D eigenvalue weighted by Gasteiger charge is 2.17. The van der Waals surface area contributed by atoms with Gasteiger partial charge in [-0.2, -0.15) is 0 Å². The van der Waals surface area contributed by atoms with Gasteiger partial charge in [0.05, 0.1) is 10.6 Å². The van der Waals surface area contributed by atoms with Crippen molar-refractivity contribution in [2.45, 2.75) is 18.2 Å². The SMILES string of the molecule is Cc1ccccc1NS(=O)(=O)c1cccc(C(=O)NCCc2ccccc2)c1. The molecule has 144 valence electrons. The lowest BCUT2D eigenvalue weighted by Crippen LogP contribution is -2.26. The van der Waals surface area contributed by atoms with Gasteiger partial charge in [0.2, 0.25) is 0 Å². The van der Waals surface area contributed by atoms with Gasteiger partial charge in [-0.15, -0.1) is 0 Å². The van der Waals surface area contributed by atoms with Gasteiger partial charge in [0, 0.05) is 12.1 Å². The van der Waals surface area contributed by atoms with E-state index in [0.717, 1.165) is 11.1 Å². The summed E-state index contributed by atoms with van der Waals surface area (Å²) >= 11 is 0. The molecule has 3 aromatic rings. The van der Waals surface area contributed by atoms with Crippen molar-refractivity contribution in [1.82, 2.24) is 5.32 Å². The average molecular weight is 394 g/mol. The Bertz CT molecular complexity index is 1060. The van der Waals surface area contributed by atoms with E-state index in [2.05, 4.69) is 10.0 Å². The predicted molar refractivity (Wildman–Crippen MR) is 111 cm³/mol. The topological polar surface area (TPSA) is 75.3 Å². The molecule has 0 aliphatic carbocycles. The number of anilines is 1. The Morgan fingerprint density at radius 1 is 0.893 bits per heavy atom. The molecule has 0 heterocycles. The number of benzene rings is 3. The number of hydrogen-bond acceptors (Lipinski definition) is 3. The predicted octanol–water partition coefficient (Wildman–Crippen LogP) is 3.77. The molecule has 0 unspecified atom stereocenters. The van der Waals surface area contributed by atoms with Crippen LogP contribution in [0, 0.1) is 6.92 Å². The molecule has 3 aromatic carbocycles. The molecule has 28 heavy (non-hydrogen) atoms. The van der Waals surface area contributed by atoms with Gasteiger partial charge in [0.1, 0.15) is 0 Å². The third kappa shape index (κ3) is 4.98. The van der Waals surface area contributed by atoms with Crippen LogP contribution < -0.4 is 10.0 Å². The monoisotopic (exact) mass is 394 g/mol. The van der Waals surface area contributed by atoms with Crippen LogP contribution in [0.1, 0.15) is 21.5 Å². The van der Waals surface area contributed by atoms with Gasteiger partial charge in [0.25, 0.3) is 15.9 Å². The lowest BCUT2D eigenvalue weighted by molar-refractivity contribution is 0.0954. The number of carbonyl (C=O) groups excluding carboxylic acids is 1. The van der Waals surface area contributed by atoms with Crippen molar-refractivity contribution in [3.8, 4) is 0 Å². The molecule has 0 aromatic heterocycles. The lowest BCUT2D eigenvalue weighted by atomic mass is 10.1. The standard InChI is InChI=1S/C22H22N2O3S/c1-17-8-5-6-13-21(17)24-28(26,27)20-12-7-11-19(16-20)22(25)23-15-14-18-9-3-2-4-10-18/h2-13,16,24H,14-15H2,1H3,(H,23,25). The molecule has 0 spiro atoms. The van der Waals surface area contributed by atoms with E-state index in [4.69, 9.17) is 0 Å². The normalized spacial score (nSPS) is 11.0. The maximum absolute atomic E-state index is 12.7. The van der Waals surface area contributed by atoms with Crippen LogP contribution in [0.3, 0.4) is 0 Å². The van der Waals surface area contributed by atoms with Crippen LogP contribution >= 0.6 is 0 Å². The number of aryl methyl sites for hydroxylation is 1. The molecule has 3 rings (SSSR count). The van der Waals surface area contributed by atoms with Crippen molar-refractivity contribution in [3.05, 3.63) is 95.6 Å². The highest BCUT2D eigenvalue weighted by Crippen LogP contribution is 2.20. The summed E-state index contributed by atoms with van der Waals surface area (Å²) in [6.45, 7) is 2.30. The van der Waals surface area contributed by atoms with Crippen LogP contribution in [0.4, 0.5) is 5.69 Å². The minimum atomic E-state index is -3.79. The molecule has 0 radical (unpaired) electrons. The fourth-order valence-corrected chi connectivity index (χ4v) is 3.94. The molecule has 0 fully saturated rings. The number of rotatable bonds is 7. The Morgan fingerprint density at radius 2 is 1.61 bits per heavy atom. The molecular formula is C22H22N2O3S. The zero-order valence-electron chi connectivity index (χ0n) is 15.6. The van der Waals surface area contributed by atoms with Crippen LogP contribution in [0.5, 0.6) is 0 Å². The summed E-state index contributed by atoms with van der Waals surface area (Å²) in [5.41, 5.74) is 2.77. The molecule has 0 bridgehead atoms. The van der Waals surface area contributed by atoms with Crippen LogP contribution in [-0.2, 0) is 16.4 Å². The van der Waals surface area contributed by atoms with E-state index >= 15 is 0 Å². The minimum absolute atomic E-state index is 0.0477. The maximum Gasteiger partial charge on any atom is 0.261 e. The van der Waals surface area contributed by atoms with E-state index in [1.807, 2.05) is 49.4 Å². The third-order valence-electron chi connectivity index (χ3n) is 4.34. The van der Waals surface area contributed by atoms with Crippen LogP contribution in [0.15, 0.2) is 83.8 Å².